The summed E-state index contributed by atoms with van der Waals surface area (Å²) >= 11 is 0. The van der Waals surface area contributed by atoms with Gasteiger partial charge in [-0.3, -0.25) is 4.90 Å². The van der Waals surface area contributed by atoms with Crippen LogP contribution in [0.5, 0.6) is 0 Å². The second kappa shape index (κ2) is 8.14. The van der Waals surface area contributed by atoms with E-state index in [4.69, 9.17) is 4.74 Å². The van der Waals surface area contributed by atoms with Gasteiger partial charge < -0.3 is 9.64 Å². The molecule has 2 aromatic rings. The Bertz CT molecular complexity index is 714. The van der Waals surface area contributed by atoms with E-state index >= 15 is 0 Å². The molecule has 0 N–H and O–H groups in total. The van der Waals surface area contributed by atoms with E-state index in [1.807, 2.05) is 0 Å². The van der Waals surface area contributed by atoms with Crippen LogP contribution in [0.4, 0.5) is 0 Å². The van der Waals surface area contributed by atoms with Gasteiger partial charge in [-0.1, -0.05) is 60.7 Å². The van der Waals surface area contributed by atoms with E-state index in [0.717, 1.165) is 32.8 Å². The maximum Gasteiger partial charge on any atom is 0.0545 e. The molecule has 2 atom stereocenters. The van der Waals surface area contributed by atoms with Crippen molar-refractivity contribution in [2.45, 2.75) is 44.9 Å². The standard InChI is InChI=1S/C24H32N2O/c1-20-13-24(18-27-19-24)14-23(26(20)16-22-11-7-4-8-12-22)17-25(2)15-21-9-5-3-6-10-21/h3-12,20,23H,13-19H2,1-2H3. The molecule has 2 heterocycles. The zero-order valence-corrected chi connectivity index (χ0v) is 16.7. The molecule has 3 heteroatoms. The van der Waals surface area contributed by atoms with Crippen LogP contribution in [0.2, 0.25) is 0 Å². The highest BCUT2D eigenvalue weighted by atomic mass is 16.5. The van der Waals surface area contributed by atoms with E-state index in [-0.39, 0.29) is 0 Å². The number of hydrogen-bond acceptors (Lipinski definition) is 3. The van der Waals surface area contributed by atoms with Gasteiger partial charge in [0.1, 0.15) is 0 Å². The molecule has 4 rings (SSSR count). The lowest BCUT2D eigenvalue weighted by Gasteiger charge is -2.54. The van der Waals surface area contributed by atoms with Crippen molar-refractivity contribution < 1.29 is 4.74 Å². The summed E-state index contributed by atoms with van der Waals surface area (Å²) in [6, 6.07) is 22.9. The van der Waals surface area contributed by atoms with Crippen molar-refractivity contribution in [3.8, 4) is 0 Å². The topological polar surface area (TPSA) is 15.7 Å². The van der Waals surface area contributed by atoms with Crippen molar-refractivity contribution in [1.29, 1.82) is 0 Å². The smallest absolute Gasteiger partial charge is 0.0545 e. The van der Waals surface area contributed by atoms with E-state index < -0.39 is 0 Å². The summed E-state index contributed by atoms with van der Waals surface area (Å²) in [6.07, 6.45) is 2.52. The van der Waals surface area contributed by atoms with E-state index in [1.54, 1.807) is 0 Å². The molecule has 2 aliphatic heterocycles. The minimum absolute atomic E-state index is 0.421. The number of nitrogens with zero attached hydrogens (tertiary/aromatic N) is 2. The van der Waals surface area contributed by atoms with Crippen LogP contribution in [0.15, 0.2) is 60.7 Å². The fraction of sp³-hybridized carbons (Fsp3) is 0.500. The van der Waals surface area contributed by atoms with Gasteiger partial charge in [-0.25, -0.2) is 0 Å². The van der Waals surface area contributed by atoms with Gasteiger partial charge in [-0.15, -0.1) is 0 Å². The molecule has 0 radical (unpaired) electrons. The Morgan fingerprint density at radius 1 is 0.963 bits per heavy atom. The first-order valence-electron chi connectivity index (χ1n) is 10.2. The Kier molecular flexibility index (Phi) is 5.63. The van der Waals surface area contributed by atoms with Gasteiger partial charge in [0.2, 0.25) is 0 Å². The molecular weight excluding hydrogens is 332 g/mol. The third-order valence-electron chi connectivity index (χ3n) is 6.27. The summed E-state index contributed by atoms with van der Waals surface area (Å²) in [4.78, 5) is 5.23. The highest BCUT2D eigenvalue weighted by Crippen LogP contribution is 2.44. The summed E-state index contributed by atoms with van der Waals surface area (Å²) in [7, 11) is 2.26. The number of likely N-dealkylation sites (tertiary alicyclic amines) is 1. The van der Waals surface area contributed by atoms with Gasteiger partial charge in [0.25, 0.3) is 0 Å². The molecule has 0 aliphatic carbocycles. The van der Waals surface area contributed by atoms with Gasteiger partial charge in [0, 0.05) is 37.1 Å². The van der Waals surface area contributed by atoms with Gasteiger partial charge in [0.05, 0.1) is 13.2 Å². The first-order chi connectivity index (χ1) is 13.1. The monoisotopic (exact) mass is 364 g/mol. The van der Waals surface area contributed by atoms with Crippen LogP contribution in [0, 0.1) is 5.41 Å². The molecule has 144 valence electrons. The fourth-order valence-corrected chi connectivity index (χ4v) is 5.00. The largest absolute Gasteiger partial charge is 0.380 e. The fourth-order valence-electron chi connectivity index (χ4n) is 5.00. The maximum absolute atomic E-state index is 5.63. The van der Waals surface area contributed by atoms with Gasteiger partial charge in [0.15, 0.2) is 0 Å². The van der Waals surface area contributed by atoms with Crippen LogP contribution in [-0.4, -0.2) is 48.7 Å². The zero-order valence-electron chi connectivity index (χ0n) is 16.7. The van der Waals surface area contributed by atoms with Crippen molar-refractivity contribution in [3.63, 3.8) is 0 Å². The van der Waals surface area contributed by atoms with Gasteiger partial charge in [-0.2, -0.15) is 0 Å². The molecule has 0 amide bonds. The quantitative estimate of drug-likeness (QED) is 0.764. The predicted molar refractivity (Wildman–Crippen MR) is 110 cm³/mol. The van der Waals surface area contributed by atoms with Crippen LogP contribution in [0.1, 0.15) is 30.9 Å². The molecule has 2 aromatic carbocycles. The first-order valence-corrected chi connectivity index (χ1v) is 10.2. The molecular formula is C24H32N2O. The third kappa shape index (κ3) is 4.43. The lowest BCUT2D eigenvalue weighted by atomic mass is 9.71. The number of ether oxygens (including phenoxy) is 1. The molecule has 1 spiro atoms. The zero-order chi connectivity index (χ0) is 18.7. The molecule has 2 unspecified atom stereocenters. The van der Waals surface area contributed by atoms with Crippen LogP contribution >= 0.6 is 0 Å². The Morgan fingerprint density at radius 3 is 2.19 bits per heavy atom. The normalized spacial score (nSPS) is 24.9. The Morgan fingerprint density at radius 2 is 1.59 bits per heavy atom. The summed E-state index contributed by atoms with van der Waals surface area (Å²) < 4.78 is 5.63. The summed E-state index contributed by atoms with van der Waals surface area (Å²) in [5.41, 5.74) is 3.23. The third-order valence-corrected chi connectivity index (χ3v) is 6.27. The average molecular weight is 365 g/mol. The van der Waals surface area contributed by atoms with E-state index in [1.165, 1.54) is 24.0 Å². The minimum atomic E-state index is 0.421. The average Bonchev–Trinajstić information content (AvgIpc) is 2.64. The SMILES string of the molecule is CC1CC2(COC2)CC(CN(C)Cc2ccccc2)N1Cc1ccccc1. The highest BCUT2D eigenvalue weighted by molar-refractivity contribution is 5.16. The van der Waals surface area contributed by atoms with Crippen LogP contribution in [0.3, 0.4) is 0 Å². The first kappa shape index (κ1) is 18.7. The molecule has 0 bridgehead atoms. The van der Waals surface area contributed by atoms with Crippen molar-refractivity contribution in [2.75, 3.05) is 26.8 Å². The molecule has 2 aliphatic rings. The number of piperidine rings is 1. The van der Waals surface area contributed by atoms with Gasteiger partial charge >= 0.3 is 0 Å². The maximum atomic E-state index is 5.63. The molecule has 2 fully saturated rings. The summed E-state index contributed by atoms with van der Waals surface area (Å²) in [6.45, 7) is 7.47. The van der Waals surface area contributed by atoms with E-state index in [2.05, 4.69) is 84.4 Å². The van der Waals surface area contributed by atoms with E-state index in [0.29, 0.717) is 17.5 Å². The lowest BCUT2D eigenvalue weighted by Crippen LogP contribution is -2.60. The summed E-state index contributed by atoms with van der Waals surface area (Å²) in [5.74, 6) is 0. The molecule has 3 nitrogen and oxygen atoms in total. The Hall–Kier alpha value is -1.68. The van der Waals surface area contributed by atoms with E-state index in [9.17, 15) is 0 Å². The minimum Gasteiger partial charge on any atom is -0.380 e. The van der Waals surface area contributed by atoms with Crippen molar-refractivity contribution >= 4 is 0 Å². The molecule has 0 saturated carbocycles. The van der Waals surface area contributed by atoms with Crippen molar-refractivity contribution in [1.82, 2.24) is 9.80 Å². The number of benzene rings is 2. The predicted octanol–water partition coefficient (Wildman–Crippen LogP) is 4.19. The summed E-state index contributed by atoms with van der Waals surface area (Å²) in [5, 5.41) is 0. The van der Waals surface area contributed by atoms with Crippen LogP contribution in [-0.2, 0) is 17.8 Å². The molecule has 27 heavy (non-hydrogen) atoms. The van der Waals surface area contributed by atoms with Crippen LogP contribution < -0.4 is 0 Å². The van der Waals surface area contributed by atoms with Crippen molar-refractivity contribution in [3.05, 3.63) is 71.8 Å². The Balaban J connectivity index is 1.47. The van der Waals surface area contributed by atoms with Gasteiger partial charge in [-0.05, 0) is 37.9 Å². The van der Waals surface area contributed by atoms with Crippen LogP contribution in [0.25, 0.3) is 0 Å². The Labute approximate surface area is 163 Å². The second-order valence-electron chi connectivity index (χ2n) is 8.74. The molecule has 0 aromatic heterocycles. The number of likely N-dealkylation sites (N-methyl/N-ethyl adjacent to an activating group) is 1. The lowest BCUT2D eigenvalue weighted by molar-refractivity contribution is -0.165. The number of hydrogen-bond donors (Lipinski definition) is 0. The molecule has 2 saturated heterocycles. The number of rotatable bonds is 6. The van der Waals surface area contributed by atoms with Crippen molar-refractivity contribution in [2.24, 2.45) is 5.41 Å². The highest BCUT2D eigenvalue weighted by Gasteiger charge is 2.47. The second-order valence-corrected chi connectivity index (χ2v) is 8.74.